The van der Waals surface area contributed by atoms with E-state index in [9.17, 15) is 15.0 Å². The number of nitrogens with one attached hydrogen (secondary N) is 1. The number of para-hydroxylation sites is 1. The Morgan fingerprint density at radius 2 is 2.06 bits per heavy atom. The molecule has 36 heavy (non-hydrogen) atoms. The van der Waals surface area contributed by atoms with E-state index >= 15 is 0 Å². The summed E-state index contributed by atoms with van der Waals surface area (Å²) in [6, 6.07) is 12.9. The van der Waals surface area contributed by atoms with Crippen molar-refractivity contribution < 1.29 is 28.9 Å². The smallest absolute Gasteiger partial charge is 0.287 e. The quantitative estimate of drug-likeness (QED) is 0.436. The first-order valence-corrected chi connectivity index (χ1v) is 12.8. The van der Waals surface area contributed by atoms with Crippen LogP contribution in [0.3, 0.4) is 0 Å². The van der Waals surface area contributed by atoms with E-state index in [1.807, 2.05) is 37.3 Å². The molecule has 1 amide bonds. The zero-order chi connectivity index (χ0) is 25.1. The predicted molar refractivity (Wildman–Crippen MR) is 135 cm³/mol. The van der Waals surface area contributed by atoms with Crippen LogP contribution in [-0.2, 0) is 16.9 Å². The van der Waals surface area contributed by atoms with Crippen LogP contribution in [0.2, 0.25) is 0 Å². The van der Waals surface area contributed by atoms with Crippen molar-refractivity contribution in [1.29, 1.82) is 0 Å². The molecule has 5 rings (SSSR count). The van der Waals surface area contributed by atoms with Gasteiger partial charge in [0.1, 0.15) is 5.58 Å². The van der Waals surface area contributed by atoms with E-state index in [2.05, 4.69) is 10.2 Å². The Morgan fingerprint density at radius 3 is 2.81 bits per heavy atom. The van der Waals surface area contributed by atoms with Gasteiger partial charge < -0.3 is 29.4 Å². The molecule has 3 N–H and O–H groups in total. The average Bonchev–Trinajstić information content (AvgIpc) is 3.56. The minimum Gasteiger partial charge on any atom is -0.504 e. The molecule has 2 saturated heterocycles. The third kappa shape index (κ3) is 5.21. The molecule has 2 aliphatic heterocycles. The third-order valence-electron chi connectivity index (χ3n) is 7.25. The highest BCUT2D eigenvalue weighted by Crippen LogP contribution is 2.37. The Balaban J connectivity index is 1.22. The van der Waals surface area contributed by atoms with Crippen molar-refractivity contribution in [2.45, 2.75) is 50.9 Å². The van der Waals surface area contributed by atoms with Crippen LogP contribution in [0.4, 0.5) is 0 Å². The number of amides is 1. The highest BCUT2D eigenvalue weighted by Gasteiger charge is 2.34. The summed E-state index contributed by atoms with van der Waals surface area (Å²) in [5.41, 5.74) is 1.30. The molecule has 192 valence electrons. The fourth-order valence-electron chi connectivity index (χ4n) is 5.12. The molecule has 0 saturated carbocycles. The first-order valence-electron chi connectivity index (χ1n) is 12.8. The lowest BCUT2D eigenvalue weighted by molar-refractivity contribution is -0.0277. The van der Waals surface area contributed by atoms with Gasteiger partial charge in [0, 0.05) is 43.7 Å². The second-order valence-electron chi connectivity index (χ2n) is 9.71. The number of benzene rings is 2. The first-order chi connectivity index (χ1) is 17.4. The van der Waals surface area contributed by atoms with Crippen LogP contribution in [0.5, 0.6) is 11.5 Å². The number of hydrogen-bond acceptors (Lipinski definition) is 7. The predicted octanol–water partition coefficient (Wildman–Crippen LogP) is 3.93. The summed E-state index contributed by atoms with van der Waals surface area (Å²) in [5.74, 6) is 0.682. The van der Waals surface area contributed by atoms with Crippen LogP contribution < -0.4 is 10.1 Å². The molecule has 0 unspecified atom stereocenters. The highest BCUT2D eigenvalue weighted by atomic mass is 16.5. The number of likely N-dealkylation sites (tertiary alicyclic amines) is 1. The van der Waals surface area contributed by atoms with Crippen molar-refractivity contribution in [3.05, 3.63) is 59.4 Å². The Morgan fingerprint density at radius 1 is 1.22 bits per heavy atom. The van der Waals surface area contributed by atoms with Crippen molar-refractivity contribution in [3.8, 4) is 11.5 Å². The monoisotopic (exact) mass is 494 g/mol. The number of hydrogen-bond donors (Lipinski definition) is 3. The lowest BCUT2D eigenvalue weighted by atomic mass is 9.84. The number of aliphatic hydroxyl groups is 1. The molecule has 2 fully saturated rings. The summed E-state index contributed by atoms with van der Waals surface area (Å²) >= 11 is 0. The number of fused-ring (bicyclic) bond motifs is 1. The number of ether oxygens (including phenoxy) is 2. The fourth-order valence-corrected chi connectivity index (χ4v) is 5.12. The van der Waals surface area contributed by atoms with Crippen molar-refractivity contribution >= 4 is 16.9 Å². The minimum absolute atomic E-state index is 0.0719. The van der Waals surface area contributed by atoms with Gasteiger partial charge in [-0.15, -0.1) is 0 Å². The standard InChI is InChI=1S/C28H34N2O6/c1-2-34-24-7-3-5-19(26(24)31)18-30-12-10-28(33,11-13-30)21-8-9-23-20(15-21)16-25(36-23)27(32)29-17-22-6-4-14-35-22/h3,5,7-9,15-16,22,31,33H,2,4,6,10-14,17-18H2,1H3,(H,29,32)/t22-/m1/s1. The molecule has 3 aromatic rings. The van der Waals surface area contributed by atoms with E-state index in [0.29, 0.717) is 57.0 Å². The molecule has 1 atom stereocenters. The zero-order valence-corrected chi connectivity index (χ0v) is 20.7. The second kappa shape index (κ2) is 10.5. The van der Waals surface area contributed by atoms with Gasteiger partial charge in [0.25, 0.3) is 5.91 Å². The first kappa shape index (κ1) is 24.6. The van der Waals surface area contributed by atoms with E-state index in [1.54, 1.807) is 12.1 Å². The van der Waals surface area contributed by atoms with Crippen LogP contribution in [-0.4, -0.2) is 60.0 Å². The van der Waals surface area contributed by atoms with Gasteiger partial charge in [0.05, 0.1) is 18.3 Å². The molecule has 0 radical (unpaired) electrons. The van der Waals surface area contributed by atoms with Crippen molar-refractivity contribution in [2.24, 2.45) is 0 Å². The molecule has 8 nitrogen and oxygen atoms in total. The Labute approximate surface area is 210 Å². The third-order valence-corrected chi connectivity index (χ3v) is 7.25. The minimum atomic E-state index is -0.959. The van der Waals surface area contributed by atoms with E-state index < -0.39 is 5.60 Å². The number of phenols is 1. The van der Waals surface area contributed by atoms with Gasteiger partial charge in [-0.25, -0.2) is 0 Å². The normalized spacial score (nSPS) is 20.0. The number of rotatable bonds is 8. The number of piperidine rings is 1. The zero-order valence-electron chi connectivity index (χ0n) is 20.7. The van der Waals surface area contributed by atoms with Gasteiger partial charge in [-0.1, -0.05) is 18.2 Å². The summed E-state index contributed by atoms with van der Waals surface area (Å²) in [7, 11) is 0. The van der Waals surface area contributed by atoms with Gasteiger partial charge >= 0.3 is 0 Å². The summed E-state index contributed by atoms with van der Waals surface area (Å²) < 4.78 is 16.8. The molecule has 1 aromatic heterocycles. The van der Waals surface area contributed by atoms with Crippen LogP contribution in [0.25, 0.3) is 11.0 Å². The number of furan rings is 1. The largest absolute Gasteiger partial charge is 0.504 e. The van der Waals surface area contributed by atoms with Crippen LogP contribution >= 0.6 is 0 Å². The SMILES string of the molecule is CCOc1cccc(CN2CCC(O)(c3ccc4oc(C(=O)NC[C@H]5CCCO5)cc4c3)CC2)c1O. The van der Waals surface area contributed by atoms with Gasteiger partial charge in [0.15, 0.2) is 17.3 Å². The number of aromatic hydroxyl groups is 1. The topological polar surface area (TPSA) is 104 Å². The van der Waals surface area contributed by atoms with Crippen LogP contribution in [0.1, 0.15) is 54.3 Å². The van der Waals surface area contributed by atoms with Crippen LogP contribution in [0.15, 0.2) is 46.9 Å². The van der Waals surface area contributed by atoms with E-state index in [0.717, 1.165) is 36.0 Å². The van der Waals surface area contributed by atoms with Crippen molar-refractivity contribution in [3.63, 3.8) is 0 Å². The molecule has 2 aromatic carbocycles. The molecular weight excluding hydrogens is 460 g/mol. The molecular formula is C28H34N2O6. The van der Waals surface area contributed by atoms with E-state index in [1.165, 1.54) is 0 Å². The maximum Gasteiger partial charge on any atom is 0.287 e. The van der Waals surface area contributed by atoms with Gasteiger partial charge in [0.2, 0.25) is 0 Å². The summed E-state index contributed by atoms with van der Waals surface area (Å²) in [5, 5.41) is 25.7. The Kier molecular flexibility index (Phi) is 7.18. The molecule has 0 bridgehead atoms. The molecule has 0 aliphatic carbocycles. The summed E-state index contributed by atoms with van der Waals surface area (Å²) in [6.07, 6.45) is 3.19. The van der Waals surface area contributed by atoms with Crippen molar-refractivity contribution in [2.75, 3.05) is 32.8 Å². The van der Waals surface area contributed by atoms with E-state index in [4.69, 9.17) is 13.9 Å². The summed E-state index contributed by atoms with van der Waals surface area (Å²) in [4.78, 5) is 14.8. The maximum absolute atomic E-state index is 12.5. The average molecular weight is 495 g/mol. The number of carbonyl (C=O) groups is 1. The van der Waals surface area contributed by atoms with Crippen molar-refractivity contribution in [1.82, 2.24) is 10.2 Å². The highest BCUT2D eigenvalue weighted by molar-refractivity contribution is 5.96. The molecule has 3 heterocycles. The van der Waals surface area contributed by atoms with E-state index in [-0.39, 0.29) is 23.5 Å². The fraction of sp³-hybridized carbons (Fsp3) is 0.464. The molecule has 0 spiro atoms. The second-order valence-corrected chi connectivity index (χ2v) is 9.71. The number of carbonyl (C=O) groups excluding carboxylic acids is 1. The van der Waals surface area contributed by atoms with Crippen LogP contribution in [0, 0.1) is 0 Å². The maximum atomic E-state index is 12.5. The summed E-state index contributed by atoms with van der Waals surface area (Å²) in [6.45, 7) is 5.58. The lowest BCUT2D eigenvalue weighted by Gasteiger charge is -2.38. The lowest BCUT2D eigenvalue weighted by Crippen LogP contribution is -2.42. The molecule has 8 heteroatoms. The van der Waals surface area contributed by atoms with Gasteiger partial charge in [-0.05, 0) is 62.4 Å². The van der Waals surface area contributed by atoms with Gasteiger partial charge in [-0.2, -0.15) is 0 Å². The number of phenolic OH excluding ortho intramolecular Hbond substituents is 1. The van der Waals surface area contributed by atoms with Gasteiger partial charge in [-0.3, -0.25) is 9.69 Å². The molecule has 2 aliphatic rings. The number of nitrogens with zero attached hydrogens (tertiary/aromatic N) is 1. The Bertz CT molecular complexity index is 1210. The Hall–Kier alpha value is -3.07.